The fourth-order valence-corrected chi connectivity index (χ4v) is 2.14. The maximum Gasteiger partial charge on any atom is 0.335 e. The Morgan fingerprint density at radius 3 is 2.30 bits per heavy atom. The lowest BCUT2D eigenvalue weighted by Crippen LogP contribution is -2.40. The Bertz CT molecular complexity index is 602. The van der Waals surface area contributed by atoms with E-state index in [4.69, 9.17) is 14.2 Å². The van der Waals surface area contributed by atoms with Gasteiger partial charge in [-0.1, -0.05) is 32.0 Å². The largest absolute Gasteiger partial charge is 0.465 e. The van der Waals surface area contributed by atoms with Crippen LogP contribution in [0.2, 0.25) is 0 Å². The Balaban J connectivity index is 2.62. The predicted molar refractivity (Wildman–Crippen MR) is 101 cm³/mol. The van der Waals surface area contributed by atoms with Crippen LogP contribution in [-0.2, 0) is 28.6 Å². The first-order chi connectivity index (χ1) is 12.8. The Morgan fingerprint density at radius 2 is 1.70 bits per heavy atom. The number of hydrogen-bond acceptors (Lipinski definition) is 6. The highest BCUT2D eigenvalue weighted by molar-refractivity contribution is 5.99. The average Bonchev–Trinajstić information content (AvgIpc) is 2.64. The number of rotatable bonds is 11. The molecule has 0 saturated carbocycles. The number of esters is 2. The molecule has 0 saturated heterocycles. The minimum atomic E-state index is -0.758. The molecule has 1 atom stereocenters. The van der Waals surface area contributed by atoms with Gasteiger partial charge in [-0.25, -0.2) is 4.79 Å². The van der Waals surface area contributed by atoms with Crippen molar-refractivity contribution in [3.05, 3.63) is 30.3 Å². The van der Waals surface area contributed by atoms with Gasteiger partial charge in [0.1, 0.15) is 6.54 Å². The summed E-state index contributed by atoms with van der Waals surface area (Å²) >= 11 is 0. The zero-order valence-corrected chi connectivity index (χ0v) is 16.5. The van der Waals surface area contributed by atoms with Crippen LogP contribution in [0.4, 0.5) is 5.69 Å². The van der Waals surface area contributed by atoms with E-state index in [0.717, 1.165) is 6.42 Å². The van der Waals surface area contributed by atoms with E-state index < -0.39 is 30.6 Å². The van der Waals surface area contributed by atoms with Gasteiger partial charge in [-0.2, -0.15) is 0 Å². The van der Waals surface area contributed by atoms with Gasteiger partial charge < -0.3 is 14.2 Å². The third kappa shape index (κ3) is 8.68. The Labute approximate surface area is 160 Å². The number of para-hydroxylation sites is 1. The van der Waals surface area contributed by atoms with Gasteiger partial charge in [-0.05, 0) is 38.3 Å². The van der Waals surface area contributed by atoms with Crippen molar-refractivity contribution in [1.29, 1.82) is 0 Å². The maximum atomic E-state index is 12.5. The summed E-state index contributed by atoms with van der Waals surface area (Å²) in [5.41, 5.74) is 0.521. The molecule has 0 N–H and O–H groups in total. The van der Waals surface area contributed by atoms with Gasteiger partial charge >= 0.3 is 11.9 Å². The second-order valence-electron chi connectivity index (χ2n) is 6.42. The molecular formula is C20H29NO6. The van der Waals surface area contributed by atoms with Crippen molar-refractivity contribution in [1.82, 2.24) is 0 Å². The summed E-state index contributed by atoms with van der Waals surface area (Å²) < 4.78 is 15.4. The van der Waals surface area contributed by atoms with E-state index in [2.05, 4.69) is 13.8 Å². The molecule has 0 aliphatic heterocycles. The molecule has 150 valence electrons. The van der Waals surface area contributed by atoms with Crippen molar-refractivity contribution in [2.24, 2.45) is 5.92 Å². The molecule has 1 aromatic carbocycles. The van der Waals surface area contributed by atoms with E-state index >= 15 is 0 Å². The summed E-state index contributed by atoms with van der Waals surface area (Å²) in [6.07, 6.45) is 0.0736. The standard InChI is InChI=1S/C20H29NO6/c1-5-25-19(23)13-21(17-9-7-6-8-10-17)18(22)14-27-20(24)16(4)26-12-11-15(2)3/h6-10,15-16H,5,11-14H2,1-4H3. The summed E-state index contributed by atoms with van der Waals surface area (Å²) in [5, 5.41) is 0. The second-order valence-corrected chi connectivity index (χ2v) is 6.42. The van der Waals surface area contributed by atoms with Crippen molar-refractivity contribution >= 4 is 23.5 Å². The third-order valence-electron chi connectivity index (χ3n) is 3.69. The molecule has 0 heterocycles. The van der Waals surface area contributed by atoms with Gasteiger partial charge in [0.15, 0.2) is 12.7 Å². The molecule has 1 unspecified atom stereocenters. The normalized spacial score (nSPS) is 11.7. The van der Waals surface area contributed by atoms with Crippen LogP contribution in [0.1, 0.15) is 34.1 Å². The zero-order valence-electron chi connectivity index (χ0n) is 16.5. The molecule has 0 radical (unpaired) electrons. The van der Waals surface area contributed by atoms with Crippen LogP contribution < -0.4 is 4.90 Å². The van der Waals surface area contributed by atoms with Crippen molar-refractivity contribution in [2.45, 2.75) is 40.2 Å². The van der Waals surface area contributed by atoms with Gasteiger partial charge in [0.05, 0.1) is 6.61 Å². The summed E-state index contributed by atoms with van der Waals surface area (Å²) in [5.74, 6) is -1.20. The average molecular weight is 379 g/mol. The number of carbonyl (C=O) groups is 3. The van der Waals surface area contributed by atoms with Crippen LogP contribution in [0.25, 0.3) is 0 Å². The quantitative estimate of drug-likeness (QED) is 0.550. The van der Waals surface area contributed by atoms with Crippen LogP contribution in [0.5, 0.6) is 0 Å². The lowest BCUT2D eigenvalue weighted by Gasteiger charge is -2.22. The number of hydrogen-bond donors (Lipinski definition) is 0. The molecule has 1 aromatic rings. The predicted octanol–water partition coefficient (Wildman–Crippen LogP) is 2.58. The molecule has 0 aromatic heterocycles. The van der Waals surface area contributed by atoms with E-state index in [9.17, 15) is 14.4 Å². The highest BCUT2D eigenvalue weighted by Gasteiger charge is 2.23. The van der Waals surface area contributed by atoms with E-state index in [1.165, 1.54) is 4.90 Å². The van der Waals surface area contributed by atoms with Crippen LogP contribution in [0, 0.1) is 5.92 Å². The summed E-state index contributed by atoms with van der Waals surface area (Å²) in [6.45, 7) is 7.33. The molecule has 0 bridgehead atoms. The number of ether oxygens (including phenoxy) is 3. The smallest absolute Gasteiger partial charge is 0.335 e. The highest BCUT2D eigenvalue weighted by atomic mass is 16.6. The second kappa shape index (κ2) is 12.1. The first-order valence-corrected chi connectivity index (χ1v) is 9.14. The van der Waals surface area contributed by atoms with Gasteiger partial charge in [-0.3, -0.25) is 14.5 Å². The first-order valence-electron chi connectivity index (χ1n) is 9.14. The van der Waals surface area contributed by atoms with E-state index in [-0.39, 0.29) is 13.2 Å². The van der Waals surface area contributed by atoms with Crippen LogP contribution in [-0.4, -0.2) is 50.3 Å². The number of benzene rings is 1. The summed E-state index contributed by atoms with van der Waals surface area (Å²) in [6, 6.07) is 8.68. The Hall–Kier alpha value is -2.41. The maximum absolute atomic E-state index is 12.5. The zero-order chi connectivity index (χ0) is 20.2. The molecule has 7 heteroatoms. The van der Waals surface area contributed by atoms with Crippen molar-refractivity contribution < 1.29 is 28.6 Å². The molecule has 0 aliphatic rings. The van der Waals surface area contributed by atoms with Gasteiger partial charge in [-0.15, -0.1) is 0 Å². The van der Waals surface area contributed by atoms with Crippen molar-refractivity contribution in [3.63, 3.8) is 0 Å². The van der Waals surface area contributed by atoms with Crippen LogP contribution >= 0.6 is 0 Å². The molecule has 0 spiro atoms. The number of amides is 1. The minimum Gasteiger partial charge on any atom is -0.465 e. The minimum absolute atomic E-state index is 0.218. The van der Waals surface area contributed by atoms with E-state index in [1.54, 1.807) is 44.2 Å². The van der Waals surface area contributed by atoms with E-state index in [0.29, 0.717) is 18.2 Å². The number of anilines is 1. The van der Waals surface area contributed by atoms with Crippen molar-refractivity contribution in [3.8, 4) is 0 Å². The lowest BCUT2D eigenvalue weighted by molar-refractivity contribution is -0.158. The van der Waals surface area contributed by atoms with Gasteiger partial charge in [0.25, 0.3) is 5.91 Å². The summed E-state index contributed by atoms with van der Waals surface area (Å²) in [4.78, 5) is 37.5. The fraction of sp³-hybridized carbons (Fsp3) is 0.550. The van der Waals surface area contributed by atoms with E-state index in [1.807, 2.05) is 0 Å². The van der Waals surface area contributed by atoms with Gasteiger partial charge in [0.2, 0.25) is 0 Å². The molecular weight excluding hydrogens is 350 g/mol. The Morgan fingerprint density at radius 1 is 1.04 bits per heavy atom. The first kappa shape index (κ1) is 22.6. The van der Waals surface area contributed by atoms with Crippen molar-refractivity contribution in [2.75, 3.05) is 31.3 Å². The van der Waals surface area contributed by atoms with Gasteiger partial charge in [0, 0.05) is 12.3 Å². The third-order valence-corrected chi connectivity index (χ3v) is 3.69. The SMILES string of the molecule is CCOC(=O)CN(C(=O)COC(=O)C(C)OCCC(C)C)c1ccccc1. The topological polar surface area (TPSA) is 82.1 Å². The molecule has 7 nitrogen and oxygen atoms in total. The molecule has 1 amide bonds. The molecule has 0 fully saturated rings. The highest BCUT2D eigenvalue weighted by Crippen LogP contribution is 2.14. The Kier molecular flexibility index (Phi) is 10.1. The molecule has 27 heavy (non-hydrogen) atoms. The number of carbonyl (C=O) groups excluding carboxylic acids is 3. The number of nitrogens with zero attached hydrogens (tertiary/aromatic N) is 1. The van der Waals surface area contributed by atoms with Crippen LogP contribution in [0.15, 0.2) is 30.3 Å². The molecule has 1 rings (SSSR count). The monoisotopic (exact) mass is 379 g/mol. The molecule has 0 aliphatic carbocycles. The lowest BCUT2D eigenvalue weighted by atomic mass is 10.1. The summed E-state index contributed by atoms with van der Waals surface area (Å²) in [7, 11) is 0. The fourth-order valence-electron chi connectivity index (χ4n) is 2.14. The van der Waals surface area contributed by atoms with Crippen LogP contribution in [0.3, 0.4) is 0 Å².